The van der Waals surface area contributed by atoms with Crippen molar-refractivity contribution in [3.8, 4) is 0 Å². The molecule has 1 aromatic carbocycles. The number of guanidine groups is 1. The molecule has 0 aliphatic heterocycles. The van der Waals surface area contributed by atoms with Crippen molar-refractivity contribution in [1.29, 1.82) is 0 Å². The molecule has 0 spiro atoms. The second kappa shape index (κ2) is 9.61. The van der Waals surface area contributed by atoms with Gasteiger partial charge in [0.25, 0.3) is 0 Å². The van der Waals surface area contributed by atoms with Crippen LogP contribution in [0.1, 0.15) is 27.7 Å². The van der Waals surface area contributed by atoms with Crippen molar-refractivity contribution in [3.05, 3.63) is 30.1 Å². The molecule has 8 heteroatoms. The molecule has 0 aromatic heterocycles. The first-order valence-corrected chi connectivity index (χ1v) is 8.08. The molecule has 0 heterocycles. The van der Waals surface area contributed by atoms with Gasteiger partial charge in [-0.05, 0) is 52.0 Å². The Labute approximate surface area is 147 Å². The minimum atomic E-state index is -0.372. The zero-order valence-corrected chi connectivity index (χ0v) is 15.1. The molecule has 0 bridgehead atoms. The normalized spacial score (nSPS) is 11.6. The van der Waals surface area contributed by atoms with Crippen molar-refractivity contribution in [2.24, 2.45) is 4.99 Å². The number of nitrogens with zero attached hydrogens (tertiary/aromatic N) is 1. The zero-order chi connectivity index (χ0) is 18.9. The van der Waals surface area contributed by atoms with Gasteiger partial charge in [-0.3, -0.25) is 9.59 Å². The molecular formula is C17H26FN5O2. The Morgan fingerprint density at radius 2 is 1.72 bits per heavy atom. The molecule has 0 saturated heterocycles. The predicted molar refractivity (Wildman–Crippen MR) is 96.9 cm³/mol. The highest BCUT2D eigenvalue weighted by atomic mass is 19.1. The van der Waals surface area contributed by atoms with Crippen LogP contribution in [-0.4, -0.2) is 42.9 Å². The quantitative estimate of drug-likeness (QED) is 0.458. The Balaban J connectivity index is 2.52. The van der Waals surface area contributed by atoms with E-state index in [1.807, 2.05) is 27.7 Å². The van der Waals surface area contributed by atoms with E-state index in [9.17, 15) is 14.0 Å². The van der Waals surface area contributed by atoms with Crippen molar-refractivity contribution >= 4 is 23.5 Å². The highest BCUT2D eigenvalue weighted by Crippen LogP contribution is 2.07. The predicted octanol–water partition coefficient (Wildman–Crippen LogP) is 1.23. The molecule has 138 valence electrons. The number of amides is 2. The van der Waals surface area contributed by atoms with Crippen LogP contribution in [-0.2, 0) is 9.59 Å². The Bertz CT molecular complexity index is 608. The summed E-state index contributed by atoms with van der Waals surface area (Å²) in [7, 11) is 0. The molecule has 0 saturated carbocycles. The van der Waals surface area contributed by atoms with Crippen LogP contribution in [0.5, 0.6) is 0 Å². The molecule has 7 nitrogen and oxygen atoms in total. The molecule has 0 fully saturated rings. The van der Waals surface area contributed by atoms with Crippen molar-refractivity contribution < 1.29 is 14.0 Å². The second-order valence-corrected chi connectivity index (χ2v) is 6.40. The Morgan fingerprint density at radius 1 is 1.08 bits per heavy atom. The largest absolute Gasteiger partial charge is 0.357 e. The van der Waals surface area contributed by atoms with E-state index in [0.29, 0.717) is 18.2 Å². The van der Waals surface area contributed by atoms with Crippen LogP contribution < -0.4 is 21.3 Å². The third-order valence-electron chi connectivity index (χ3n) is 2.78. The summed E-state index contributed by atoms with van der Waals surface area (Å²) in [6.07, 6.45) is 0. The number of aliphatic imine (C=N–C) groups is 1. The van der Waals surface area contributed by atoms with Gasteiger partial charge >= 0.3 is 0 Å². The number of nitrogens with one attached hydrogen (secondary N) is 4. The zero-order valence-electron chi connectivity index (χ0n) is 15.1. The van der Waals surface area contributed by atoms with Gasteiger partial charge in [0, 0.05) is 17.8 Å². The first-order valence-electron chi connectivity index (χ1n) is 8.08. The number of hydrogen-bond donors (Lipinski definition) is 4. The smallest absolute Gasteiger partial charge is 0.246 e. The first-order chi connectivity index (χ1) is 11.7. The van der Waals surface area contributed by atoms with Gasteiger partial charge in [-0.2, -0.15) is 0 Å². The van der Waals surface area contributed by atoms with Gasteiger partial charge in [-0.15, -0.1) is 0 Å². The summed E-state index contributed by atoms with van der Waals surface area (Å²) in [4.78, 5) is 27.8. The molecular weight excluding hydrogens is 325 g/mol. The van der Waals surface area contributed by atoms with Crippen LogP contribution in [0.4, 0.5) is 10.1 Å². The molecule has 25 heavy (non-hydrogen) atoms. The first kappa shape index (κ1) is 20.4. The monoisotopic (exact) mass is 351 g/mol. The van der Waals surface area contributed by atoms with Gasteiger partial charge in [-0.1, -0.05) is 0 Å². The number of rotatable bonds is 6. The lowest BCUT2D eigenvalue weighted by Gasteiger charge is -2.21. The molecule has 1 aromatic rings. The van der Waals surface area contributed by atoms with Crippen molar-refractivity contribution in [1.82, 2.24) is 16.0 Å². The molecule has 1 rings (SSSR count). The van der Waals surface area contributed by atoms with Crippen LogP contribution in [0, 0.1) is 5.82 Å². The number of halogens is 1. The molecule has 0 atom stereocenters. The van der Waals surface area contributed by atoms with Crippen LogP contribution in [0.25, 0.3) is 0 Å². The summed E-state index contributed by atoms with van der Waals surface area (Å²) in [6.45, 7) is 8.06. The van der Waals surface area contributed by atoms with Crippen LogP contribution >= 0.6 is 0 Å². The van der Waals surface area contributed by atoms with Gasteiger partial charge in [-0.25, -0.2) is 9.38 Å². The third-order valence-corrected chi connectivity index (χ3v) is 2.78. The maximum absolute atomic E-state index is 12.8. The highest BCUT2D eigenvalue weighted by molar-refractivity contribution is 5.94. The Kier molecular flexibility index (Phi) is 7.84. The van der Waals surface area contributed by atoms with E-state index in [-0.39, 0.29) is 36.3 Å². The van der Waals surface area contributed by atoms with Crippen LogP contribution in [0.2, 0.25) is 0 Å². The number of carbonyl (C=O) groups excluding carboxylic acids is 2. The molecule has 0 radical (unpaired) electrons. The fourth-order valence-electron chi connectivity index (χ4n) is 1.85. The summed E-state index contributed by atoms with van der Waals surface area (Å²) in [5, 5.41) is 11.3. The minimum Gasteiger partial charge on any atom is -0.357 e. The molecule has 0 aliphatic carbocycles. The van der Waals surface area contributed by atoms with Crippen molar-refractivity contribution in [2.75, 3.05) is 25.0 Å². The number of benzene rings is 1. The molecule has 0 aliphatic rings. The van der Waals surface area contributed by atoms with Crippen molar-refractivity contribution in [3.63, 3.8) is 0 Å². The van der Waals surface area contributed by atoms with Gasteiger partial charge in [0.15, 0.2) is 5.96 Å². The third kappa shape index (κ3) is 9.29. The van der Waals surface area contributed by atoms with Gasteiger partial charge in [0.1, 0.15) is 12.4 Å². The Hall–Kier alpha value is -2.64. The average molecular weight is 351 g/mol. The number of hydrogen-bond acceptors (Lipinski definition) is 3. The van der Waals surface area contributed by atoms with E-state index < -0.39 is 0 Å². The van der Waals surface area contributed by atoms with E-state index >= 15 is 0 Å². The van der Waals surface area contributed by atoms with E-state index in [2.05, 4.69) is 26.3 Å². The van der Waals surface area contributed by atoms with E-state index in [0.717, 1.165) is 0 Å². The standard InChI is InChI=1S/C17H26FN5O2/c1-5-19-16(21-11-15(25)23-17(2,3)4)20-10-14(24)22-13-8-6-12(18)7-9-13/h6-9H,5,10-11H2,1-4H3,(H,22,24)(H,23,25)(H2,19,20,21). The molecule has 0 unspecified atom stereocenters. The number of carbonyl (C=O) groups is 2. The fraction of sp³-hybridized carbons (Fsp3) is 0.471. The summed E-state index contributed by atoms with van der Waals surface area (Å²) in [5.74, 6) is -0.527. The molecule has 2 amide bonds. The van der Waals surface area contributed by atoms with E-state index in [4.69, 9.17) is 0 Å². The lowest BCUT2D eigenvalue weighted by Crippen LogP contribution is -2.48. The minimum absolute atomic E-state index is 0.0443. The van der Waals surface area contributed by atoms with Crippen molar-refractivity contribution in [2.45, 2.75) is 33.2 Å². The summed E-state index contributed by atoms with van der Waals surface area (Å²) in [5.41, 5.74) is 0.174. The SMILES string of the molecule is CCNC(=NCC(=O)Nc1ccc(F)cc1)NCC(=O)NC(C)(C)C. The fourth-order valence-corrected chi connectivity index (χ4v) is 1.85. The number of anilines is 1. The van der Waals surface area contributed by atoms with Gasteiger partial charge in [0.05, 0.1) is 6.54 Å². The van der Waals surface area contributed by atoms with Crippen LogP contribution in [0.15, 0.2) is 29.3 Å². The topological polar surface area (TPSA) is 94.6 Å². The maximum atomic E-state index is 12.8. The highest BCUT2D eigenvalue weighted by Gasteiger charge is 2.13. The summed E-state index contributed by atoms with van der Waals surface area (Å²) < 4.78 is 12.8. The average Bonchev–Trinajstić information content (AvgIpc) is 2.50. The molecule has 4 N–H and O–H groups in total. The second-order valence-electron chi connectivity index (χ2n) is 6.40. The van der Waals surface area contributed by atoms with E-state index in [1.54, 1.807) is 0 Å². The summed E-state index contributed by atoms with van der Waals surface area (Å²) in [6, 6.07) is 5.46. The van der Waals surface area contributed by atoms with E-state index in [1.165, 1.54) is 24.3 Å². The maximum Gasteiger partial charge on any atom is 0.246 e. The van der Waals surface area contributed by atoms with Gasteiger partial charge < -0.3 is 21.3 Å². The lowest BCUT2D eigenvalue weighted by molar-refractivity contribution is -0.121. The Morgan fingerprint density at radius 3 is 2.28 bits per heavy atom. The van der Waals surface area contributed by atoms with Crippen LogP contribution in [0.3, 0.4) is 0 Å². The summed E-state index contributed by atoms with van der Waals surface area (Å²) >= 11 is 0. The lowest BCUT2D eigenvalue weighted by atomic mass is 10.1. The van der Waals surface area contributed by atoms with Gasteiger partial charge in [0.2, 0.25) is 11.8 Å².